The Balaban J connectivity index is 1.48. The molecule has 1 aromatic heterocycles. The van der Waals surface area contributed by atoms with Crippen molar-refractivity contribution in [1.29, 1.82) is 0 Å². The van der Waals surface area contributed by atoms with Gasteiger partial charge in [-0.1, -0.05) is 0 Å². The van der Waals surface area contributed by atoms with Gasteiger partial charge in [0.05, 0.1) is 31.6 Å². The van der Waals surface area contributed by atoms with Crippen LogP contribution in [0.1, 0.15) is 31.9 Å². The van der Waals surface area contributed by atoms with Gasteiger partial charge < -0.3 is 24.8 Å². The lowest BCUT2D eigenvalue weighted by Gasteiger charge is -2.41. The fourth-order valence-corrected chi connectivity index (χ4v) is 3.87. The number of aliphatic hydroxyl groups is 1. The van der Waals surface area contributed by atoms with Gasteiger partial charge in [0.1, 0.15) is 5.82 Å². The third-order valence-corrected chi connectivity index (χ3v) is 5.80. The first-order chi connectivity index (χ1) is 13.0. The molecule has 0 aliphatic carbocycles. The first kappa shape index (κ1) is 18.9. The number of aromatic nitrogens is 2. The van der Waals surface area contributed by atoms with E-state index < -0.39 is 0 Å². The fourth-order valence-electron chi connectivity index (χ4n) is 3.87. The number of ether oxygens (including phenoxy) is 2. The van der Waals surface area contributed by atoms with Crippen molar-refractivity contribution in [2.75, 3.05) is 69.4 Å². The highest BCUT2D eigenvalue weighted by Gasteiger charge is 2.30. The molecule has 0 aromatic carbocycles. The van der Waals surface area contributed by atoms with Crippen LogP contribution in [0.4, 0.5) is 11.8 Å². The SMILES string of the molecule is CC(C)(CNc1cc([C@H]2CCOC2)nc(N2CC(O)C2)n1)N1CCOCC1. The number of anilines is 2. The van der Waals surface area contributed by atoms with E-state index in [1.54, 1.807) is 0 Å². The maximum atomic E-state index is 9.64. The summed E-state index contributed by atoms with van der Waals surface area (Å²) in [5.41, 5.74) is 1.05. The van der Waals surface area contributed by atoms with Crippen LogP contribution in [0.5, 0.6) is 0 Å². The van der Waals surface area contributed by atoms with E-state index in [2.05, 4.69) is 30.1 Å². The first-order valence-electron chi connectivity index (χ1n) is 9.98. The van der Waals surface area contributed by atoms with Crippen molar-refractivity contribution in [3.63, 3.8) is 0 Å². The van der Waals surface area contributed by atoms with E-state index in [0.717, 1.165) is 64.0 Å². The minimum absolute atomic E-state index is 0.0124. The Labute approximate surface area is 160 Å². The van der Waals surface area contributed by atoms with Crippen LogP contribution in [0.3, 0.4) is 0 Å². The summed E-state index contributed by atoms with van der Waals surface area (Å²) in [5.74, 6) is 1.88. The highest BCUT2D eigenvalue weighted by atomic mass is 16.5. The molecule has 0 bridgehead atoms. The summed E-state index contributed by atoms with van der Waals surface area (Å²) in [7, 11) is 0. The molecule has 0 spiro atoms. The maximum absolute atomic E-state index is 9.64. The molecule has 0 unspecified atom stereocenters. The molecule has 3 aliphatic heterocycles. The van der Waals surface area contributed by atoms with Crippen molar-refractivity contribution in [3.8, 4) is 0 Å². The predicted octanol–water partition coefficient (Wildman–Crippen LogP) is 0.684. The number of nitrogens with one attached hydrogen (secondary N) is 1. The van der Waals surface area contributed by atoms with Crippen LogP contribution in [0.2, 0.25) is 0 Å². The van der Waals surface area contributed by atoms with Gasteiger partial charge in [0, 0.05) is 56.9 Å². The third kappa shape index (κ3) is 4.34. The zero-order chi connectivity index (χ0) is 18.9. The molecule has 8 heteroatoms. The van der Waals surface area contributed by atoms with Crippen LogP contribution < -0.4 is 10.2 Å². The smallest absolute Gasteiger partial charge is 0.227 e. The molecule has 0 amide bonds. The lowest BCUT2D eigenvalue weighted by Crippen LogP contribution is -2.53. The normalized spacial score (nSPS) is 24.9. The lowest BCUT2D eigenvalue weighted by molar-refractivity contribution is -0.00570. The molecule has 1 atom stereocenters. The standard InChI is InChI=1S/C19H31N5O3/c1-19(2,24-4-7-26-8-5-24)13-20-17-9-16(14-3-6-27-12-14)21-18(22-17)23-10-15(25)11-23/h9,14-15,25H,3-8,10-13H2,1-2H3,(H,20,21,22)/t14-/m0/s1. The molecule has 1 aromatic rings. The molecule has 0 radical (unpaired) electrons. The minimum atomic E-state index is -0.274. The Morgan fingerprint density at radius 3 is 2.63 bits per heavy atom. The molecule has 8 nitrogen and oxygen atoms in total. The second kappa shape index (κ2) is 7.87. The van der Waals surface area contributed by atoms with Gasteiger partial charge in [-0.3, -0.25) is 4.90 Å². The van der Waals surface area contributed by atoms with Crippen molar-refractivity contribution >= 4 is 11.8 Å². The molecule has 0 saturated carbocycles. The monoisotopic (exact) mass is 377 g/mol. The highest BCUT2D eigenvalue weighted by molar-refractivity contribution is 5.46. The first-order valence-corrected chi connectivity index (χ1v) is 9.98. The minimum Gasteiger partial charge on any atom is -0.389 e. The van der Waals surface area contributed by atoms with Crippen LogP contribution in [0.15, 0.2) is 6.07 Å². The molecule has 4 rings (SSSR count). The molecular weight excluding hydrogens is 346 g/mol. The Morgan fingerprint density at radius 1 is 1.19 bits per heavy atom. The number of hydrogen-bond donors (Lipinski definition) is 2. The average molecular weight is 377 g/mol. The lowest BCUT2D eigenvalue weighted by atomic mass is 10.0. The highest BCUT2D eigenvalue weighted by Crippen LogP contribution is 2.28. The number of β-amino-alcohol motifs (C(OH)–C–C–N with tert-alkyl or cyclic N) is 1. The molecule has 4 heterocycles. The van der Waals surface area contributed by atoms with Gasteiger partial charge in [0.15, 0.2) is 0 Å². The van der Waals surface area contributed by atoms with Gasteiger partial charge in [0.25, 0.3) is 0 Å². The van der Waals surface area contributed by atoms with Gasteiger partial charge in [-0.15, -0.1) is 0 Å². The summed E-state index contributed by atoms with van der Waals surface area (Å²) in [5, 5.41) is 13.2. The number of hydrogen-bond acceptors (Lipinski definition) is 8. The summed E-state index contributed by atoms with van der Waals surface area (Å²) >= 11 is 0. The van der Waals surface area contributed by atoms with E-state index in [4.69, 9.17) is 19.4 Å². The van der Waals surface area contributed by atoms with Gasteiger partial charge in [0.2, 0.25) is 5.95 Å². The summed E-state index contributed by atoms with van der Waals surface area (Å²) < 4.78 is 11.0. The van der Waals surface area contributed by atoms with Crippen LogP contribution in [0, 0.1) is 0 Å². The Bertz CT molecular complexity index is 638. The van der Waals surface area contributed by atoms with Gasteiger partial charge in [-0.25, -0.2) is 4.98 Å². The van der Waals surface area contributed by atoms with Gasteiger partial charge in [-0.05, 0) is 20.3 Å². The van der Waals surface area contributed by atoms with E-state index in [0.29, 0.717) is 25.0 Å². The van der Waals surface area contributed by atoms with E-state index in [9.17, 15) is 5.11 Å². The van der Waals surface area contributed by atoms with Crippen LogP contribution >= 0.6 is 0 Å². The topological polar surface area (TPSA) is 83.0 Å². The Hall–Kier alpha value is -1.48. The van der Waals surface area contributed by atoms with Gasteiger partial charge >= 0.3 is 0 Å². The molecular formula is C19H31N5O3. The summed E-state index contributed by atoms with van der Waals surface area (Å²) in [6.07, 6.45) is 0.723. The summed E-state index contributed by atoms with van der Waals surface area (Å²) in [6, 6.07) is 2.06. The van der Waals surface area contributed by atoms with Crippen LogP contribution in [0.25, 0.3) is 0 Å². The van der Waals surface area contributed by atoms with Crippen molar-refractivity contribution in [2.24, 2.45) is 0 Å². The second-order valence-corrected chi connectivity index (χ2v) is 8.36. The number of morpholine rings is 1. The second-order valence-electron chi connectivity index (χ2n) is 8.36. The largest absolute Gasteiger partial charge is 0.389 e. The van der Waals surface area contributed by atoms with E-state index in [1.807, 2.05) is 4.90 Å². The van der Waals surface area contributed by atoms with Crippen molar-refractivity contribution in [3.05, 3.63) is 11.8 Å². The average Bonchev–Trinajstić information content (AvgIpc) is 3.19. The number of nitrogens with zero attached hydrogens (tertiary/aromatic N) is 4. The molecule has 150 valence electrons. The molecule has 27 heavy (non-hydrogen) atoms. The van der Waals surface area contributed by atoms with Crippen molar-refractivity contribution < 1.29 is 14.6 Å². The number of aliphatic hydroxyl groups excluding tert-OH is 1. The zero-order valence-corrected chi connectivity index (χ0v) is 16.4. The zero-order valence-electron chi connectivity index (χ0n) is 16.4. The maximum Gasteiger partial charge on any atom is 0.227 e. The molecule has 2 N–H and O–H groups in total. The third-order valence-electron chi connectivity index (χ3n) is 5.80. The number of rotatable bonds is 6. The fraction of sp³-hybridized carbons (Fsp3) is 0.789. The van der Waals surface area contributed by atoms with E-state index >= 15 is 0 Å². The van der Waals surface area contributed by atoms with E-state index in [-0.39, 0.29) is 11.6 Å². The van der Waals surface area contributed by atoms with Crippen LogP contribution in [-0.2, 0) is 9.47 Å². The van der Waals surface area contributed by atoms with E-state index in [1.165, 1.54) is 0 Å². The molecule has 3 saturated heterocycles. The quantitative estimate of drug-likeness (QED) is 0.749. The Kier molecular flexibility index (Phi) is 5.50. The van der Waals surface area contributed by atoms with Crippen LogP contribution in [-0.4, -0.2) is 90.8 Å². The summed E-state index contributed by atoms with van der Waals surface area (Å²) in [6.45, 7) is 11.5. The predicted molar refractivity (Wildman–Crippen MR) is 103 cm³/mol. The summed E-state index contributed by atoms with van der Waals surface area (Å²) in [4.78, 5) is 14.0. The molecule has 3 fully saturated rings. The van der Waals surface area contributed by atoms with Crippen molar-refractivity contribution in [1.82, 2.24) is 14.9 Å². The van der Waals surface area contributed by atoms with Gasteiger partial charge in [-0.2, -0.15) is 4.98 Å². The Morgan fingerprint density at radius 2 is 1.96 bits per heavy atom. The molecule has 3 aliphatic rings. The van der Waals surface area contributed by atoms with Crippen molar-refractivity contribution in [2.45, 2.75) is 37.8 Å².